The lowest BCUT2D eigenvalue weighted by Crippen LogP contribution is -2.48. The summed E-state index contributed by atoms with van der Waals surface area (Å²) < 4.78 is 51.9. The standard InChI is InChI=1S/C22H23N3O7S2/c1-30-14-9-10-15(19(12-14)31-2)18(26)13-32-22(27)17-7-3-4-11-25(17)34(28,29)20-8-5-6-16-21(20)24-33-23-16/h5-6,8-10,12,17H,3-4,7,11,13H2,1-2H3. The lowest BCUT2D eigenvalue weighted by molar-refractivity contribution is -0.148. The van der Waals surface area contributed by atoms with Crippen LogP contribution in [0.15, 0.2) is 41.3 Å². The van der Waals surface area contributed by atoms with E-state index >= 15 is 0 Å². The molecule has 0 radical (unpaired) electrons. The fraction of sp³-hybridized carbons (Fsp3) is 0.364. The maximum absolute atomic E-state index is 13.5. The number of piperidine rings is 1. The highest BCUT2D eigenvalue weighted by molar-refractivity contribution is 7.89. The van der Waals surface area contributed by atoms with Crippen LogP contribution in [-0.2, 0) is 19.6 Å². The molecule has 12 heteroatoms. The first kappa shape index (κ1) is 24.0. The summed E-state index contributed by atoms with van der Waals surface area (Å²) in [4.78, 5) is 25.6. The molecule has 2 heterocycles. The molecular formula is C22H23N3O7S2. The number of rotatable bonds is 8. The fourth-order valence-corrected chi connectivity index (χ4v) is 6.28. The Bertz CT molecular complexity index is 1320. The summed E-state index contributed by atoms with van der Waals surface area (Å²) in [6.07, 6.45) is 1.56. The highest BCUT2D eigenvalue weighted by atomic mass is 32.2. The van der Waals surface area contributed by atoms with Gasteiger partial charge in [0, 0.05) is 12.6 Å². The fourth-order valence-electron chi connectivity index (χ4n) is 3.88. The van der Waals surface area contributed by atoms with Crippen LogP contribution in [0.25, 0.3) is 11.0 Å². The van der Waals surface area contributed by atoms with Crippen LogP contribution in [0, 0.1) is 0 Å². The molecule has 0 bridgehead atoms. The van der Waals surface area contributed by atoms with Crippen LogP contribution in [0.2, 0.25) is 0 Å². The number of hydrogen-bond donors (Lipinski definition) is 0. The first-order valence-corrected chi connectivity index (χ1v) is 12.7. The predicted octanol–water partition coefficient (Wildman–Crippen LogP) is 2.68. The van der Waals surface area contributed by atoms with Crippen molar-refractivity contribution >= 4 is 44.5 Å². The second kappa shape index (κ2) is 10.0. The monoisotopic (exact) mass is 505 g/mol. The number of methoxy groups -OCH3 is 2. The van der Waals surface area contributed by atoms with E-state index in [1.807, 2.05) is 0 Å². The largest absolute Gasteiger partial charge is 0.497 e. The van der Waals surface area contributed by atoms with Crippen molar-refractivity contribution in [3.63, 3.8) is 0 Å². The van der Waals surface area contributed by atoms with E-state index in [2.05, 4.69) is 8.75 Å². The molecule has 1 atom stereocenters. The van der Waals surface area contributed by atoms with E-state index in [0.29, 0.717) is 30.5 Å². The molecule has 1 saturated heterocycles. The maximum atomic E-state index is 13.5. The van der Waals surface area contributed by atoms with Crippen LogP contribution in [0.4, 0.5) is 0 Å². The molecule has 0 aliphatic carbocycles. The summed E-state index contributed by atoms with van der Waals surface area (Å²) >= 11 is 0.921. The Labute approximate surface area is 200 Å². The lowest BCUT2D eigenvalue weighted by atomic mass is 10.1. The number of nitrogens with zero attached hydrogens (tertiary/aromatic N) is 3. The van der Waals surface area contributed by atoms with Gasteiger partial charge in [-0.1, -0.05) is 6.07 Å². The number of esters is 1. The van der Waals surface area contributed by atoms with E-state index in [9.17, 15) is 18.0 Å². The highest BCUT2D eigenvalue weighted by Gasteiger charge is 2.40. The van der Waals surface area contributed by atoms with E-state index in [1.165, 1.54) is 26.4 Å². The van der Waals surface area contributed by atoms with Gasteiger partial charge in [0.25, 0.3) is 0 Å². The molecule has 3 aromatic rings. The Morgan fingerprint density at radius 2 is 1.94 bits per heavy atom. The first-order chi connectivity index (χ1) is 16.4. The Kier molecular flexibility index (Phi) is 7.10. The van der Waals surface area contributed by atoms with E-state index in [4.69, 9.17) is 14.2 Å². The van der Waals surface area contributed by atoms with Gasteiger partial charge in [0.2, 0.25) is 15.8 Å². The van der Waals surface area contributed by atoms with Crippen molar-refractivity contribution in [2.24, 2.45) is 0 Å². The van der Waals surface area contributed by atoms with Crippen molar-refractivity contribution < 1.29 is 32.2 Å². The van der Waals surface area contributed by atoms with Crippen LogP contribution in [0.5, 0.6) is 11.5 Å². The average Bonchev–Trinajstić information content (AvgIpc) is 3.35. The van der Waals surface area contributed by atoms with E-state index in [1.54, 1.807) is 24.3 Å². The van der Waals surface area contributed by atoms with Crippen LogP contribution in [-0.4, -0.2) is 66.6 Å². The summed E-state index contributed by atoms with van der Waals surface area (Å²) in [6.45, 7) is -0.381. The predicted molar refractivity (Wildman–Crippen MR) is 124 cm³/mol. The van der Waals surface area contributed by atoms with Gasteiger partial charge in [-0.15, -0.1) is 0 Å². The van der Waals surface area contributed by atoms with Crippen LogP contribution in [0.3, 0.4) is 0 Å². The van der Waals surface area contributed by atoms with E-state index in [-0.39, 0.29) is 28.3 Å². The van der Waals surface area contributed by atoms with Gasteiger partial charge in [0.1, 0.15) is 33.5 Å². The number of sulfonamides is 1. The number of carbonyl (C=O) groups is 2. The normalized spacial score (nSPS) is 16.8. The molecule has 0 saturated carbocycles. The zero-order valence-electron chi connectivity index (χ0n) is 18.6. The quantitative estimate of drug-likeness (QED) is 0.335. The van der Waals surface area contributed by atoms with Gasteiger partial charge in [-0.3, -0.25) is 9.59 Å². The Morgan fingerprint density at radius 1 is 1.12 bits per heavy atom. The SMILES string of the molecule is COc1ccc(C(=O)COC(=O)C2CCCCN2S(=O)(=O)c2cccc3nsnc23)c(OC)c1. The van der Waals surface area contributed by atoms with Gasteiger partial charge >= 0.3 is 5.97 Å². The van der Waals surface area contributed by atoms with Crippen molar-refractivity contribution in [3.8, 4) is 11.5 Å². The average molecular weight is 506 g/mol. The maximum Gasteiger partial charge on any atom is 0.324 e. The van der Waals surface area contributed by atoms with Crippen molar-refractivity contribution in [3.05, 3.63) is 42.0 Å². The number of hydrogen-bond acceptors (Lipinski definition) is 10. The Hall–Kier alpha value is -3.09. The molecule has 2 aromatic carbocycles. The van der Waals surface area contributed by atoms with Crippen molar-refractivity contribution in [1.82, 2.24) is 13.1 Å². The molecule has 1 unspecified atom stereocenters. The molecule has 180 valence electrons. The summed E-state index contributed by atoms with van der Waals surface area (Å²) in [5.74, 6) is -0.449. The Balaban J connectivity index is 1.52. The van der Waals surface area contributed by atoms with Crippen LogP contribution in [0.1, 0.15) is 29.6 Å². The molecule has 1 aliphatic heterocycles. The molecule has 10 nitrogen and oxygen atoms in total. The minimum Gasteiger partial charge on any atom is -0.497 e. The highest BCUT2D eigenvalue weighted by Crippen LogP contribution is 2.30. The van der Waals surface area contributed by atoms with Gasteiger partial charge in [-0.05, 0) is 43.5 Å². The van der Waals surface area contributed by atoms with Gasteiger partial charge in [-0.2, -0.15) is 13.1 Å². The van der Waals surface area contributed by atoms with Crippen molar-refractivity contribution in [2.75, 3.05) is 27.4 Å². The molecule has 34 heavy (non-hydrogen) atoms. The third-order valence-corrected chi connectivity index (χ3v) is 8.10. The van der Waals surface area contributed by atoms with E-state index in [0.717, 1.165) is 16.0 Å². The number of aromatic nitrogens is 2. The summed E-state index contributed by atoms with van der Waals surface area (Å²) in [5.41, 5.74) is 0.972. The number of fused-ring (bicyclic) bond motifs is 1. The topological polar surface area (TPSA) is 125 Å². The van der Waals surface area contributed by atoms with Crippen molar-refractivity contribution in [2.45, 2.75) is 30.2 Å². The number of ether oxygens (including phenoxy) is 3. The molecule has 4 rings (SSSR count). The van der Waals surface area contributed by atoms with Gasteiger partial charge in [0.05, 0.1) is 31.5 Å². The molecule has 0 N–H and O–H groups in total. The second-order valence-corrected chi connectivity index (χ2v) is 10.00. The molecule has 1 fully saturated rings. The summed E-state index contributed by atoms with van der Waals surface area (Å²) in [7, 11) is -1.13. The third kappa shape index (κ3) is 4.61. The smallest absolute Gasteiger partial charge is 0.324 e. The molecule has 0 amide bonds. The number of Topliss-reactive ketones (excluding diaryl/α,β-unsaturated/α-hetero) is 1. The summed E-state index contributed by atoms with van der Waals surface area (Å²) in [5, 5.41) is 0. The molecule has 1 aromatic heterocycles. The van der Waals surface area contributed by atoms with E-state index < -0.39 is 34.4 Å². The van der Waals surface area contributed by atoms with Crippen molar-refractivity contribution in [1.29, 1.82) is 0 Å². The Morgan fingerprint density at radius 3 is 2.71 bits per heavy atom. The van der Waals surface area contributed by atoms with Crippen LogP contribution < -0.4 is 9.47 Å². The minimum atomic E-state index is -4.04. The molecule has 0 spiro atoms. The zero-order valence-corrected chi connectivity index (χ0v) is 20.2. The third-order valence-electron chi connectivity index (χ3n) is 5.62. The second-order valence-electron chi connectivity index (χ2n) is 7.61. The molecular weight excluding hydrogens is 482 g/mol. The summed E-state index contributed by atoms with van der Waals surface area (Å²) in [6, 6.07) is 8.36. The lowest BCUT2D eigenvalue weighted by Gasteiger charge is -2.32. The van der Waals surface area contributed by atoms with Gasteiger partial charge < -0.3 is 14.2 Å². The van der Waals surface area contributed by atoms with Gasteiger partial charge in [0.15, 0.2) is 6.61 Å². The molecule has 1 aliphatic rings. The number of carbonyl (C=O) groups excluding carboxylic acids is 2. The van der Waals surface area contributed by atoms with Crippen LogP contribution >= 0.6 is 11.7 Å². The number of benzene rings is 2. The zero-order chi connectivity index (χ0) is 24.3. The number of ketones is 1. The minimum absolute atomic E-state index is 0.00232. The van der Waals surface area contributed by atoms with Gasteiger partial charge in [-0.25, -0.2) is 8.42 Å². The first-order valence-electron chi connectivity index (χ1n) is 10.5.